The molecule has 1 aromatic heterocycles. The van der Waals surface area contributed by atoms with Crippen LogP contribution in [0.2, 0.25) is 0 Å². The molecule has 1 aliphatic rings. The van der Waals surface area contributed by atoms with Crippen LogP contribution in [0.1, 0.15) is 29.2 Å². The molecule has 0 saturated carbocycles. The molecule has 2 rings (SSSR count). The standard InChI is InChI=1S/C12H16ClNO2/c1-9-2-3-11(16-9)12(15)14-7-5-10(8-14)4-6-13/h2-3,10H,4-8H2,1H3. The van der Waals surface area contributed by atoms with Crippen LogP contribution in [-0.2, 0) is 0 Å². The third-order valence-electron chi connectivity index (χ3n) is 3.04. The molecule has 0 aromatic carbocycles. The van der Waals surface area contributed by atoms with Gasteiger partial charge in [0.25, 0.3) is 5.91 Å². The Morgan fingerprint density at radius 1 is 1.62 bits per heavy atom. The van der Waals surface area contributed by atoms with E-state index in [1.165, 1.54) is 0 Å². The lowest BCUT2D eigenvalue weighted by molar-refractivity contribution is 0.0754. The zero-order valence-corrected chi connectivity index (χ0v) is 10.2. The lowest BCUT2D eigenvalue weighted by atomic mass is 10.1. The molecule has 0 N–H and O–H groups in total. The van der Waals surface area contributed by atoms with Crippen LogP contribution in [0.4, 0.5) is 0 Å². The Kier molecular flexibility index (Phi) is 3.54. The average molecular weight is 242 g/mol. The summed E-state index contributed by atoms with van der Waals surface area (Å²) in [6.45, 7) is 3.47. The summed E-state index contributed by atoms with van der Waals surface area (Å²) in [6.07, 6.45) is 2.04. The Bertz CT molecular complexity index is 375. The third-order valence-corrected chi connectivity index (χ3v) is 3.26. The summed E-state index contributed by atoms with van der Waals surface area (Å²) in [5.41, 5.74) is 0. The molecule has 88 valence electrons. The van der Waals surface area contributed by atoms with Crippen molar-refractivity contribution in [2.75, 3.05) is 19.0 Å². The third kappa shape index (κ3) is 2.40. The first kappa shape index (κ1) is 11.5. The molecule has 0 bridgehead atoms. The van der Waals surface area contributed by atoms with Gasteiger partial charge >= 0.3 is 0 Å². The van der Waals surface area contributed by atoms with Crippen molar-refractivity contribution in [3.8, 4) is 0 Å². The number of hydrogen-bond donors (Lipinski definition) is 0. The summed E-state index contributed by atoms with van der Waals surface area (Å²) < 4.78 is 5.34. The number of aryl methyl sites for hydroxylation is 1. The minimum atomic E-state index is 0.00479. The molecule has 1 atom stereocenters. The fraction of sp³-hybridized carbons (Fsp3) is 0.583. The van der Waals surface area contributed by atoms with Gasteiger partial charge in [0.1, 0.15) is 5.76 Å². The van der Waals surface area contributed by atoms with Crippen molar-refractivity contribution in [1.29, 1.82) is 0 Å². The van der Waals surface area contributed by atoms with Crippen LogP contribution >= 0.6 is 11.6 Å². The molecular weight excluding hydrogens is 226 g/mol. The van der Waals surface area contributed by atoms with E-state index in [1.807, 2.05) is 17.9 Å². The molecule has 2 heterocycles. The minimum Gasteiger partial charge on any atom is -0.456 e. The lowest BCUT2D eigenvalue weighted by Crippen LogP contribution is -2.28. The van der Waals surface area contributed by atoms with E-state index >= 15 is 0 Å². The predicted molar refractivity (Wildman–Crippen MR) is 62.8 cm³/mol. The van der Waals surface area contributed by atoms with Crippen LogP contribution in [0, 0.1) is 12.8 Å². The number of carbonyl (C=O) groups is 1. The van der Waals surface area contributed by atoms with Crippen LogP contribution < -0.4 is 0 Å². The summed E-state index contributed by atoms with van der Waals surface area (Å²) in [5.74, 6) is 2.46. The van der Waals surface area contributed by atoms with Gasteiger partial charge < -0.3 is 9.32 Å². The Morgan fingerprint density at radius 3 is 3.06 bits per heavy atom. The highest BCUT2D eigenvalue weighted by Gasteiger charge is 2.27. The van der Waals surface area contributed by atoms with E-state index in [-0.39, 0.29) is 5.91 Å². The topological polar surface area (TPSA) is 33.5 Å². The van der Waals surface area contributed by atoms with Gasteiger partial charge in [0.15, 0.2) is 5.76 Å². The van der Waals surface area contributed by atoms with Gasteiger partial charge in [-0.25, -0.2) is 0 Å². The van der Waals surface area contributed by atoms with Crippen molar-refractivity contribution in [1.82, 2.24) is 4.90 Å². The number of alkyl halides is 1. The maximum absolute atomic E-state index is 12.0. The number of furan rings is 1. The van der Waals surface area contributed by atoms with E-state index in [1.54, 1.807) is 6.07 Å². The molecule has 1 amide bonds. The Balaban J connectivity index is 1.97. The highest BCUT2D eigenvalue weighted by Crippen LogP contribution is 2.22. The number of carbonyl (C=O) groups excluding carboxylic acids is 1. The van der Waals surface area contributed by atoms with Gasteiger partial charge in [-0.15, -0.1) is 11.6 Å². The molecular formula is C12H16ClNO2. The van der Waals surface area contributed by atoms with Gasteiger partial charge in [-0.1, -0.05) is 0 Å². The molecule has 1 fully saturated rings. The molecule has 3 nitrogen and oxygen atoms in total. The lowest BCUT2D eigenvalue weighted by Gasteiger charge is -2.14. The maximum Gasteiger partial charge on any atom is 0.289 e. The Hall–Kier alpha value is -0.960. The molecule has 0 spiro atoms. The van der Waals surface area contributed by atoms with Gasteiger partial charge in [-0.2, -0.15) is 0 Å². The van der Waals surface area contributed by atoms with Crippen molar-refractivity contribution in [3.05, 3.63) is 23.7 Å². The monoisotopic (exact) mass is 241 g/mol. The largest absolute Gasteiger partial charge is 0.456 e. The molecule has 1 aliphatic heterocycles. The number of hydrogen-bond acceptors (Lipinski definition) is 2. The van der Waals surface area contributed by atoms with Gasteiger partial charge in [-0.05, 0) is 37.8 Å². The summed E-state index contributed by atoms with van der Waals surface area (Å²) in [5, 5.41) is 0. The van der Waals surface area contributed by atoms with Crippen LogP contribution in [-0.4, -0.2) is 29.8 Å². The smallest absolute Gasteiger partial charge is 0.289 e. The van der Waals surface area contributed by atoms with Gasteiger partial charge in [0, 0.05) is 19.0 Å². The first-order valence-corrected chi connectivity index (χ1v) is 6.16. The minimum absolute atomic E-state index is 0.00479. The van der Waals surface area contributed by atoms with Crippen molar-refractivity contribution in [3.63, 3.8) is 0 Å². The highest BCUT2D eigenvalue weighted by atomic mass is 35.5. The Morgan fingerprint density at radius 2 is 2.44 bits per heavy atom. The fourth-order valence-corrected chi connectivity index (χ4v) is 2.42. The first-order valence-electron chi connectivity index (χ1n) is 5.62. The first-order chi connectivity index (χ1) is 7.70. The van der Waals surface area contributed by atoms with Crippen molar-refractivity contribution < 1.29 is 9.21 Å². The maximum atomic E-state index is 12.0. The second-order valence-electron chi connectivity index (χ2n) is 4.29. The SMILES string of the molecule is Cc1ccc(C(=O)N2CCC(CCCl)C2)o1. The quantitative estimate of drug-likeness (QED) is 0.763. The number of rotatable bonds is 3. The summed E-state index contributed by atoms with van der Waals surface area (Å²) >= 11 is 5.71. The normalized spacial score (nSPS) is 20.4. The predicted octanol–water partition coefficient (Wildman–Crippen LogP) is 2.68. The van der Waals surface area contributed by atoms with Crippen LogP contribution in [0.5, 0.6) is 0 Å². The summed E-state index contributed by atoms with van der Waals surface area (Å²) in [7, 11) is 0. The molecule has 1 unspecified atom stereocenters. The average Bonchev–Trinajstić information content (AvgIpc) is 2.87. The molecule has 16 heavy (non-hydrogen) atoms. The van der Waals surface area contributed by atoms with Crippen molar-refractivity contribution in [2.45, 2.75) is 19.8 Å². The van der Waals surface area contributed by atoms with Crippen LogP contribution in [0.3, 0.4) is 0 Å². The summed E-state index contributed by atoms with van der Waals surface area (Å²) in [6, 6.07) is 3.56. The molecule has 1 aromatic rings. The second-order valence-corrected chi connectivity index (χ2v) is 4.67. The molecule has 0 radical (unpaired) electrons. The second kappa shape index (κ2) is 4.91. The molecule has 4 heteroatoms. The van der Waals surface area contributed by atoms with Gasteiger partial charge in [0.2, 0.25) is 0 Å². The van der Waals surface area contributed by atoms with E-state index in [4.69, 9.17) is 16.0 Å². The number of nitrogens with zero attached hydrogens (tertiary/aromatic N) is 1. The molecule has 0 aliphatic carbocycles. The van der Waals surface area contributed by atoms with E-state index < -0.39 is 0 Å². The number of halogens is 1. The highest BCUT2D eigenvalue weighted by molar-refractivity contribution is 6.17. The van der Waals surface area contributed by atoms with Gasteiger partial charge in [0.05, 0.1) is 0 Å². The van der Waals surface area contributed by atoms with Crippen LogP contribution in [0.25, 0.3) is 0 Å². The van der Waals surface area contributed by atoms with Crippen molar-refractivity contribution in [2.24, 2.45) is 5.92 Å². The number of amides is 1. The zero-order valence-electron chi connectivity index (χ0n) is 9.41. The Labute approximate surface area is 100 Å². The van der Waals surface area contributed by atoms with E-state index in [2.05, 4.69) is 0 Å². The van der Waals surface area contributed by atoms with E-state index in [0.717, 1.165) is 31.7 Å². The zero-order chi connectivity index (χ0) is 11.5. The fourth-order valence-electron chi connectivity index (χ4n) is 2.11. The molecule has 1 saturated heterocycles. The van der Waals surface area contributed by atoms with Gasteiger partial charge in [-0.3, -0.25) is 4.79 Å². The summed E-state index contributed by atoms with van der Waals surface area (Å²) in [4.78, 5) is 13.9. The van der Waals surface area contributed by atoms with E-state index in [9.17, 15) is 4.79 Å². The van der Waals surface area contributed by atoms with Crippen LogP contribution in [0.15, 0.2) is 16.5 Å². The van der Waals surface area contributed by atoms with E-state index in [0.29, 0.717) is 17.6 Å². The number of likely N-dealkylation sites (tertiary alicyclic amines) is 1. The van der Waals surface area contributed by atoms with Crippen molar-refractivity contribution >= 4 is 17.5 Å².